The molecule has 0 saturated carbocycles. The molecular formula is C17H21ClNO3+. The van der Waals surface area contributed by atoms with Crippen LogP contribution in [0.15, 0.2) is 42.5 Å². The first-order valence-corrected chi connectivity index (χ1v) is 7.58. The van der Waals surface area contributed by atoms with E-state index in [4.69, 9.17) is 26.2 Å². The third-order valence-electron chi connectivity index (χ3n) is 3.31. The number of rotatable bonds is 8. The van der Waals surface area contributed by atoms with Crippen LogP contribution >= 0.6 is 11.6 Å². The van der Waals surface area contributed by atoms with E-state index < -0.39 is 0 Å². The highest BCUT2D eigenvalue weighted by atomic mass is 35.5. The third-order valence-corrected chi connectivity index (χ3v) is 3.68. The molecule has 2 aromatic carbocycles. The van der Waals surface area contributed by atoms with Gasteiger partial charge in [0.25, 0.3) is 0 Å². The Hall–Kier alpha value is -1.75. The van der Waals surface area contributed by atoms with Gasteiger partial charge in [-0.2, -0.15) is 0 Å². The zero-order valence-corrected chi connectivity index (χ0v) is 13.3. The van der Waals surface area contributed by atoms with Crippen molar-refractivity contribution in [1.82, 2.24) is 0 Å². The van der Waals surface area contributed by atoms with Crippen LogP contribution in [0.25, 0.3) is 0 Å². The molecular weight excluding hydrogens is 302 g/mol. The second kappa shape index (κ2) is 8.63. The van der Waals surface area contributed by atoms with Crippen molar-refractivity contribution in [3.05, 3.63) is 58.6 Å². The molecule has 3 N–H and O–H groups in total. The Kier molecular flexibility index (Phi) is 6.52. The van der Waals surface area contributed by atoms with Gasteiger partial charge in [-0.15, -0.1) is 0 Å². The van der Waals surface area contributed by atoms with Gasteiger partial charge in [-0.3, -0.25) is 0 Å². The number of nitrogens with two attached hydrogens (primary N) is 1. The number of hydrogen-bond donors (Lipinski definition) is 2. The molecule has 2 aromatic rings. The molecule has 0 fully saturated rings. The maximum Gasteiger partial charge on any atom is 0.170 e. The monoisotopic (exact) mass is 322 g/mol. The first-order valence-electron chi connectivity index (χ1n) is 7.21. The van der Waals surface area contributed by atoms with Crippen LogP contribution in [0.5, 0.6) is 11.5 Å². The number of halogens is 1. The second-order valence-electron chi connectivity index (χ2n) is 4.83. The zero-order valence-electron chi connectivity index (χ0n) is 12.6. The number of benzene rings is 2. The summed E-state index contributed by atoms with van der Waals surface area (Å²) in [4.78, 5) is 0. The molecule has 118 valence electrons. The number of aliphatic hydroxyl groups excluding tert-OH is 1. The predicted octanol–water partition coefficient (Wildman–Crippen LogP) is 1.98. The maximum absolute atomic E-state index is 8.90. The van der Waals surface area contributed by atoms with Gasteiger partial charge < -0.3 is 19.9 Å². The molecule has 0 atom stereocenters. The van der Waals surface area contributed by atoms with Gasteiger partial charge in [0.2, 0.25) is 0 Å². The molecule has 0 spiro atoms. The number of quaternary nitrogens is 1. The highest BCUT2D eigenvalue weighted by Crippen LogP contribution is 2.31. The Morgan fingerprint density at radius 1 is 1.09 bits per heavy atom. The largest absolute Gasteiger partial charge is 0.493 e. The minimum absolute atomic E-state index is 0.153. The summed E-state index contributed by atoms with van der Waals surface area (Å²) in [5.74, 6) is 1.42. The van der Waals surface area contributed by atoms with E-state index >= 15 is 0 Å². The average molecular weight is 323 g/mol. The summed E-state index contributed by atoms with van der Waals surface area (Å²) in [6.45, 7) is 1.91. The molecule has 0 aliphatic rings. The van der Waals surface area contributed by atoms with E-state index in [-0.39, 0.29) is 6.61 Å². The lowest BCUT2D eigenvalue weighted by Gasteiger charge is -2.15. The fourth-order valence-corrected chi connectivity index (χ4v) is 2.35. The van der Waals surface area contributed by atoms with Crippen LogP contribution in [-0.2, 0) is 13.2 Å². The van der Waals surface area contributed by atoms with Gasteiger partial charge in [0.15, 0.2) is 11.5 Å². The smallest absolute Gasteiger partial charge is 0.170 e. The molecule has 0 aliphatic carbocycles. The Balaban J connectivity index is 2.15. The molecule has 4 nitrogen and oxygen atoms in total. The second-order valence-corrected chi connectivity index (χ2v) is 5.24. The van der Waals surface area contributed by atoms with Gasteiger partial charge in [0, 0.05) is 10.6 Å². The lowest BCUT2D eigenvalue weighted by Crippen LogP contribution is -2.83. The van der Waals surface area contributed by atoms with E-state index in [0.717, 1.165) is 23.4 Å². The Labute approximate surface area is 135 Å². The number of hydrogen-bond acceptors (Lipinski definition) is 3. The maximum atomic E-state index is 8.90. The molecule has 0 amide bonds. The van der Waals surface area contributed by atoms with E-state index in [2.05, 4.69) is 0 Å². The van der Waals surface area contributed by atoms with E-state index in [9.17, 15) is 0 Å². The van der Waals surface area contributed by atoms with E-state index in [1.807, 2.05) is 47.8 Å². The van der Waals surface area contributed by atoms with Crippen LogP contribution in [0.3, 0.4) is 0 Å². The van der Waals surface area contributed by atoms with Crippen LogP contribution < -0.4 is 14.8 Å². The standard InChI is InChI=1S/C17H20ClNO3/c1-21-16-8-4-6-13(11-19-9-10-20)17(16)22-12-14-5-2-3-7-15(14)18/h2-8,19-20H,9-12H2,1H3/p+1. The van der Waals surface area contributed by atoms with Crippen molar-refractivity contribution in [2.75, 3.05) is 20.3 Å². The molecule has 5 heteroatoms. The summed E-state index contributed by atoms with van der Waals surface area (Å²) in [5, 5.41) is 11.6. The zero-order chi connectivity index (χ0) is 15.8. The van der Waals surface area contributed by atoms with Crippen LogP contribution in [0.1, 0.15) is 11.1 Å². The molecule has 2 rings (SSSR count). The highest BCUT2D eigenvalue weighted by molar-refractivity contribution is 6.31. The van der Waals surface area contributed by atoms with E-state index in [1.54, 1.807) is 7.11 Å². The van der Waals surface area contributed by atoms with Gasteiger partial charge in [-0.1, -0.05) is 35.9 Å². The average Bonchev–Trinajstić information content (AvgIpc) is 2.55. The molecule has 0 bridgehead atoms. The molecule has 0 heterocycles. The summed E-state index contributed by atoms with van der Waals surface area (Å²) in [6.07, 6.45) is 0. The lowest BCUT2D eigenvalue weighted by molar-refractivity contribution is -0.671. The van der Waals surface area contributed by atoms with Crippen LogP contribution in [-0.4, -0.2) is 25.4 Å². The minimum Gasteiger partial charge on any atom is -0.493 e. The first kappa shape index (κ1) is 16.6. The molecule has 0 aliphatic heterocycles. The van der Waals surface area contributed by atoms with Gasteiger partial charge >= 0.3 is 0 Å². The Bertz CT molecular complexity index is 604. The molecule has 22 heavy (non-hydrogen) atoms. The fourth-order valence-electron chi connectivity index (χ4n) is 2.16. The number of para-hydroxylation sites is 1. The molecule has 0 saturated heterocycles. The summed E-state index contributed by atoms with van der Waals surface area (Å²) in [7, 11) is 1.62. The van der Waals surface area contributed by atoms with Crippen molar-refractivity contribution in [2.24, 2.45) is 0 Å². The van der Waals surface area contributed by atoms with Gasteiger partial charge in [-0.05, 0) is 18.2 Å². The number of methoxy groups -OCH3 is 1. The first-order chi connectivity index (χ1) is 10.8. The van der Waals surface area contributed by atoms with Gasteiger partial charge in [0.05, 0.1) is 25.8 Å². The Morgan fingerprint density at radius 2 is 1.86 bits per heavy atom. The highest BCUT2D eigenvalue weighted by Gasteiger charge is 2.12. The SMILES string of the molecule is COc1cccc(C[NH2+]CCO)c1OCc1ccccc1Cl. The minimum atomic E-state index is 0.153. The van der Waals surface area contributed by atoms with Crippen molar-refractivity contribution in [3.8, 4) is 11.5 Å². The number of ether oxygens (including phenoxy) is 2. The molecule has 0 unspecified atom stereocenters. The third kappa shape index (κ3) is 4.37. The Morgan fingerprint density at radius 3 is 2.59 bits per heavy atom. The van der Waals surface area contributed by atoms with Crippen LogP contribution in [0.4, 0.5) is 0 Å². The quantitative estimate of drug-likeness (QED) is 0.731. The van der Waals surface area contributed by atoms with Crippen molar-refractivity contribution in [1.29, 1.82) is 0 Å². The lowest BCUT2D eigenvalue weighted by atomic mass is 10.1. The summed E-state index contributed by atoms with van der Waals surface area (Å²) >= 11 is 6.16. The van der Waals surface area contributed by atoms with Crippen molar-refractivity contribution in [3.63, 3.8) is 0 Å². The fraction of sp³-hybridized carbons (Fsp3) is 0.294. The topological polar surface area (TPSA) is 55.3 Å². The van der Waals surface area contributed by atoms with E-state index in [1.165, 1.54) is 0 Å². The number of aliphatic hydroxyl groups is 1. The van der Waals surface area contributed by atoms with Crippen LogP contribution in [0.2, 0.25) is 5.02 Å². The molecule has 0 radical (unpaired) electrons. The van der Waals surface area contributed by atoms with Gasteiger partial charge in [-0.25, -0.2) is 0 Å². The van der Waals surface area contributed by atoms with Crippen LogP contribution in [0, 0.1) is 0 Å². The van der Waals surface area contributed by atoms with Crippen molar-refractivity contribution >= 4 is 11.6 Å². The normalized spacial score (nSPS) is 10.5. The van der Waals surface area contributed by atoms with Crippen molar-refractivity contribution in [2.45, 2.75) is 13.2 Å². The van der Waals surface area contributed by atoms with Gasteiger partial charge in [0.1, 0.15) is 13.2 Å². The van der Waals surface area contributed by atoms with E-state index in [0.29, 0.717) is 23.9 Å². The predicted molar refractivity (Wildman–Crippen MR) is 86.4 cm³/mol. The summed E-state index contributed by atoms with van der Waals surface area (Å²) in [5.41, 5.74) is 1.96. The molecule has 0 aromatic heterocycles. The summed E-state index contributed by atoms with van der Waals surface area (Å²) in [6, 6.07) is 13.4. The van der Waals surface area contributed by atoms with Crippen molar-refractivity contribution < 1.29 is 19.9 Å². The summed E-state index contributed by atoms with van der Waals surface area (Å²) < 4.78 is 11.4.